The molecule has 1 aromatic rings. The van der Waals surface area contributed by atoms with Gasteiger partial charge >= 0.3 is 0 Å². The van der Waals surface area contributed by atoms with Crippen LogP contribution in [-0.2, 0) is 0 Å². The number of anilines is 1. The van der Waals surface area contributed by atoms with Crippen LogP contribution in [0.2, 0.25) is 0 Å². The van der Waals surface area contributed by atoms with E-state index in [1.807, 2.05) is 13.8 Å². The third-order valence-corrected chi connectivity index (χ3v) is 2.37. The highest BCUT2D eigenvalue weighted by Gasteiger charge is 2.17. The van der Waals surface area contributed by atoms with E-state index in [4.69, 9.17) is 11.5 Å². The second kappa shape index (κ2) is 4.39. The summed E-state index contributed by atoms with van der Waals surface area (Å²) in [6, 6.07) is 1.49. The molecule has 5 N–H and O–H groups in total. The van der Waals surface area contributed by atoms with Gasteiger partial charge in [-0.3, -0.25) is 0 Å². The van der Waals surface area contributed by atoms with E-state index in [1.165, 1.54) is 0 Å². The van der Waals surface area contributed by atoms with Crippen LogP contribution in [0.4, 0.5) is 5.82 Å². The molecule has 1 rings (SSSR count). The zero-order chi connectivity index (χ0) is 10.7. The van der Waals surface area contributed by atoms with Crippen LogP contribution >= 0.6 is 0 Å². The number of aromatic nitrogens is 1. The molecule has 14 heavy (non-hydrogen) atoms. The summed E-state index contributed by atoms with van der Waals surface area (Å²) in [4.78, 5) is 3.94. The molecule has 78 valence electrons. The predicted octanol–water partition coefficient (Wildman–Crippen LogP) is 0.743. The molecule has 1 heterocycles. The Morgan fingerprint density at radius 2 is 2.21 bits per heavy atom. The summed E-state index contributed by atoms with van der Waals surface area (Å²) in [6.07, 6.45) is 1.66. The lowest BCUT2D eigenvalue weighted by atomic mass is 9.99. The van der Waals surface area contributed by atoms with Gasteiger partial charge in [-0.05, 0) is 25.0 Å². The number of pyridine rings is 1. The van der Waals surface area contributed by atoms with Crippen molar-refractivity contribution in [3.8, 4) is 0 Å². The lowest BCUT2D eigenvalue weighted by Gasteiger charge is -2.19. The lowest BCUT2D eigenvalue weighted by Crippen LogP contribution is -2.28. The molecule has 0 unspecified atom stereocenters. The number of hydrogen-bond donors (Lipinski definition) is 3. The van der Waals surface area contributed by atoms with Gasteiger partial charge in [0, 0.05) is 17.8 Å². The predicted molar refractivity (Wildman–Crippen MR) is 56.6 cm³/mol. The second-order valence-electron chi connectivity index (χ2n) is 3.48. The fourth-order valence-electron chi connectivity index (χ4n) is 1.35. The Morgan fingerprint density at radius 1 is 1.57 bits per heavy atom. The minimum absolute atomic E-state index is 0.251. The molecule has 0 radical (unpaired) electrons. The summed E-state index contributed by atoms with van der Waals surface area (Å²) < 4.78 is 0. The van der Waals surface area contributed by atoms with Crippen LogP contribution in [0, 0.1) is 6.92 Å². The molecule has 0 saturated heterocycles. The van der Waals surface area contributed by atoms with E-state index >= 15 is 0 Å². The molecule has 2 atom stereocenters. The maximum atomic E-state index is 9.85. The summed E-state index contributed by atoms with van der Waals surface area (Å²) in [6.45, 7) is 3.83. The van der Waals surface area contributed by atoms with E-state index in [-0.39, 0.29) is 6.04 Å². The maximum Gasteiger partial charge on any atom is 0.123 e. The van der Waals surface area contributed by atoms with Gasteiger partial charge in [0.25, 0.3) is 0 Å². The molecule has 4 nitrogen and oxygen atoms in total. The highest BCUT2D eigenvalue weighted by atomic mass is 16.3. The average Bonchev–Trinajstić information content (AvgIpc) is 2.15. The van der Waals surface area contributed by atoms with Gasteiger partial charge in [-0.2, -0.15) is 0 Å². The lowest BCUT2D eigenvalue weighted by molar-refractivity contribution is 0.143. The fourth-order valence-corrected chi connectivity index (χ4v) is 1.35. The SMILES string of the molecule is CC[C@@H](N)[C@@H](O)c1cnc(N)cc1C. The third kappa shape index (κ3) is 2.21. The van der Waals surface area contributed by atoms with Gasteiger partial charge in [0.05, 0.1) is 6.10 Å². The van der Waals surface area contributed by atoms with Crippen molar-refractivity contribution in [2.24, 2.45) is 5.73 Å². The van der Waals surface area contributed by atoms with Crippen LogP contribution in [0.3, 0.4) is 0 Å². The molecule has 0 bridgehead atoms. The number of aliphatic hydroxyl groups excluding tert-OH is 1. The number of aliphatic hydroxyl groups is 1. The Kier molecular flexibility index (Phi) is 3.43. The highest BCUT2D eigenvalue weighted by Crippen LogP contribution is 2.21. The standard InChI is InChI=1S/C10H17N3O/c1-3-8(11)10(14)7-5-13-9(12)4-6(7)2/h4-5,8,10,14H,3,11H2,1-2H3,(H2,12,13)/t8-,10+/m1/s1. The number of nitrogens with zero attached hydrogens (tertiary/aromatic N) is 1. The van der Waals surface area contributed by atoms with Crippen LogP contribution in [0.15, 0.2) is 12.3 Å². The molecular weight excluding hydrogens is 178 g/mol. The van der Waals surface area contributed by atoms with Crippen molar-refractivity contribution in [3.63, 3.8) is 0 Å². The molecule has 0 amide bonds. The van der Waals surface area contributed by atoms with Gasteiger partial charge in [0.2, 0.25) is 0 Å². The minimum Gasteiger partial charge on any atom is -0.387 e. The van der Waals surface area contributed by atoms with Crippen LogP contribution in [0.1, 0.15) is 30.6 Å². The average molecular weight is 195 g/mol. The van der Waals surface area contributed by atoms with Gasteiger partial charge in [-0.15, -0.1) is 0 Å². The Hall–Kier alpha value is -1.13. The smallest absolute Gasteiger partial charge is 0.123 e. The Labute approximate surface area is 83.9 Å². The molecule has 1 aromatic heterocycles. The van der Waals surface area contributed by atoms with E-state index in [1.54, 1.807) is 12.3 Å². The van der Waals surface area contributed by atoms with Crippen LogP contribution in [0.5, 0.6) is 0 Å². The number of hydrogen-bond acceptors (Lipinski definition) is 4. The summed E-state index contributed by atoms with van der Waals surface area (Å²) >= 11 is 0. The second-order valence-corrected chi connectivity index (χ2v) is 3.48. The van der Waals surface area contributed by atoms with Gasteiger partial charge in [-0.25, -0.2) is 4.98 Å². The first-order valence-corrected chi connectivity index (χ1v) is 4.72. The first-order chi connectivity index (χ1) is 6.56. The summed E-state index contributed by atoms with van der Waals surface area (Å²) in [5.74, 6) is 0.462. The van der Waals surface area contributed by atoms with Crippen molar-refractivity contribution in [2.75, 3.05) is 5.73 Å². The van der Waals surface area contributed by atoms with Crippen molar-refractivity contribution in [1.82, 2.24) is 4.98 Å². The molecule has 0 aliphatic heterocycles. The molecule has 0 spiro atoms. The number of nitrogen functional groups attached to an aromatic ring is 1. The van der Waals surface area contributed by atoms with E-state index in [9.17, 15) is 5.11 Å². The zero-order valence-corrected chi connectivity index (χ0v) is 8.57. The first kappa shape index (κ1) is 10.9. The van der Waals surface area contributed by atoms with E-state index in [0.29, 0.717) is 5.82 Å². The number of rotatable bonds is 3. The Balaban J connectivity index is 2.95. The largest absolute Gasteiger partial charge is 0.387 e. The maximum absolute atomic E-state index is 9.85. The Morgan fingerprint density at radius 3 is 2.71 bits per heavy atom. The monoisotopic (exact) mass is 195 g/mol. The number of nitrogens with two attached hydrogens (primary N) is 2. The Bertz CT molecular complexity index is 314. The van der Waals surface area contributed by atoms with Gasteiger partial charge < -0.3 is 16.6 Å². The molecule has 0 saturated carbocycles. The van der Waals surface area contributed by atoms with Crippen molar-refractivity contribution in [2.45, 2.75) is 32.4 Å². The van der Waals surface area contributed by atoms with Gasteiger partial charge in [0.1, 0.15) is 5.82 Å². The van der Waals surface area contributed by atoms with Crippen molar-refractivity contribution in [1.29, 1.82) is 0 Å². The quantitative estimate of drug-likeness (QED) is 0.664. The van der Waals surface area contributed by atoms with E-state index in [2.05, 4.69) is 4.98 Å². The summed E-state index contributed by atoms with van der Waals surface area (Å²) in [7, 11) is 0. The van der Waals surface area contributed by atoms with Gasteiger partial charge in [-0.1, -0.05) is 6.92 Å². The molecule has 0 aliphatic rings. The summed E-state index contributed by atoms with van der Waals surface area (Å²) in [5, 5.41) is 9.85. The van der Waals surface area contributed by atoms with Gasteiger partial charge in [0.15, 0.2) is 0 Å². The fraction of sp³-hybridized carbons (Fsp3) is 0.500. The zero-order valence-electron chi connectivity index (χ0n) is 8.57. The topological polar surface area (TPSA) is 85.2 Å². The third-order valence-electron chi connectivity index (χ3n) is 2.37. The molecule has 4 heteroatoms. The van der Waals surface area contributed by atoms with E-state index < -0.39 is 6.10 Å². The first-order valence-electron chi connectivity index (χ1n) is 4.72. The number of aryl methyl sites for hydroxylation is 1. The van der Waals surface area contributed by atoms with Crippen LogP contribution in [0.25, 0.3) is 0 Å². The molecule has 0 aromatic carbocycles. The van der Waals surface area contributed by atoms with Crippen molar-refractivity contribution in [3.05, 3.63) is 23.4 Å². The van der Waals surface area contributed by atoms with Crippen LogP contribution < -0.4 is 11.5 Å². The van der Waals surface area contributed by atoms with Crippen molar-refractivity contribution >= 4 is 5.82 Å². The normalized spacial score (nSPS) is 15.1. The molecule has 0 fully saturated rings. The highest BCUT2D eigenvalue weighted by molar-refractivity contribution is 5.37. The van der Waals surface area contributed by atoms with Crippen LogP contribution in [-0.4, -0.2) is 16.1 Å². The molecular formula is C10H17N3O. The molecule has 0 aliphatic carbocycles. The minimum atomic E-state index is -0.659. The summed E-state index contributed by atoms with van der Waals surface area (Å²) in [5.41, 5.74) is 12.9. The van der Waals surface area contributed by atoms with E-state index in [0.717, 1.165) is 17.5 Å². The van der Waals surface area contributed by atoms with Crippen molar-refractivity contribution < 1.29 is 5.11 Å².